The zero-order valence-corrected chi connectivity index (χ0v) is 23.8. The second-order valence-electron chi connectivity index (χ2n) is 9.98. The fourth-order valence-electron chi connectivity index (χ4n) is 4.80. The molecule has 7 nitrogen and oxygen atoms in total. The molecule has 2 amide bonds. The average Bonchev–Trinajstić information content (AvgIpc) is 3.43. The van der Waals surface area contributed by atoms with Gasteiger partial charge in [0.15, 0.2) is 0 Å². The lowest BCUT2D eigenvalue weighted by Gasteiger charge is -2.32. The van der Waals surface area contributed by atoms with E-state index in [0.717, 1.165) is 41.1 Å². The summed E-state index contributed by atoms with van der Waals surface area (Å²) in [6.07, 6.45) is 3.98. The largest absolute Gasteiger partial charge is 0.352 e. The van der Waals surface area contributed by atoms with E-state index in [2.05, 4.69) is 5.32 Å². The monoisotopic (exact) mass is 567 g/mol. The topological polar surface area (TPSA) is 86.8 Å². The molecular formula is C30H34ClN3O4S. The van der Waals surface area contributed by atoms with Crippen molar-refractivity contribution in [2.24, 2.45) is 0 Å². The average molecular weight is 568 g/mol. The molecule has 0 aromatic heterocycles. The van der Waals surface area contributed by atoms with Gasteiger partial charge in [0.2, 0.25) is 11.8 Å². The maximum atomic E-state index is 14.0. The van der Waals surface area contributed by atoms with Crippen molar-refractivity contribution in [3.8, 4) is 0 Å². The molecule has 0 spiro atoms. The molecule has 206 valence electrons. The highest BCUT2D eigenvalue weighted by molar-refractivity contribution is 7.92. The van der Waals surface area contributed by atoms with Crippen LogP contribution in [0.5, 0.6) is 0 Å². The summed E-state index contributed by atoms with van der Waals surface area (Å²) in [6, 6.07) is 21.5. The van der Waals surface area contributed by atoms with E-state index in [1.165, 1.54) is 29.2 Å². The van der Waals surface area contributed by atoms with E-state index in [9.17, 15) is 18.0 Å². The van der Waals surface area contributed by atoms with E-state index in [1.807, 2.05) is 43.3 Å². The lowest BCUT2D eigenvalue weighted by Crippen LogP contribution is -2.52. The van der Waals surface area contributed by atoms with Crippen molar-refractivity contribution in [1.82, 2.24) is 10.2 Å². The van der Waals surface area contributed by atoms with Gasteiger partial charge < -0.3 is 10.2 Å². The van der Waals surface area contributed by atoms with Crippen molar-refractivity contribution in [2.45, 2.75) is 63.1 Å². The minimum absolute atomic E-state index is 0.0165. The van der Waals surface area contributed by atoms with Crippen LogP contribution in [0.4, 0.5) is 5.69 Å². The third-order valence-corrected chi connectivity index (χ3v) is 9.07. The van der Waals surface area contributed by atoms with Gasteiger partial charge in [-0.2, -0.15) is 0 Å². The van der Waals surface area contributed by atoms with Gasteiger partial charge in [0.25, 0.3) is 10.0 Å². The van der Waals surface area contributed by atoms with Crippen molar-refractivity contribution >= 4 is 39.1 Å². The second kappa shape index (κ2) is 12.7. The van der Waals surface area contributed by atoms with E-state index in [0.29, 0.717) is 10.7 Å². The maximum absolute atomic E-state index is 14.0. The molecule has 0 heterocycles. The summed E-state index contributed by atoms with van der Waals surface area (Å²) in [4.78, 5) is 28.7. The number of hydrogen-bond donors (Lipinski definition) is 1. The smallest absolute Gasteiger partial charge is 0.264 e. The van der Waals surface area contributed by atoms with Gasteiger partial charge in [0.05, 0.1) is 10.6 Å². The maximum Gasteiger partial charge on any atom is 0.264 e. The number of rotatable bonds is 10. The van der Waals surface area contributed by atoms with Gasteiger partial charge in [-0.25, -0.2) is 8.42 Å². The molecule has 0 aliphatic heterocycles. The van der Waals surface area contributed by atoms with Crippen LogP contribution < -0.4 is 9.62 Å². The number of nitrogens with one attached hydrogen (secondary N) is 1. The molecule has 1 aliphatic carbocycles. The highest BCUT2D eigenvalue weighted by Gasteiger charge is 2.33. The Kier molecular flexibility index (Phi) is 9.30. The second-order valence-corrected chi connectivity index (χ2v) is 12.3. The Morgan fingerprint density at radius 2 is 1.64 bits per heavy atom. The Bertz CT molecular complexity index is 1390. The molecule has 1 saturated carbocycles. The number of aryl methyl sites for hydroxylation is 1. The molecule has 1 aliphatic rings. The number of nitrogens with zero attached hydrogens (tertiary/aromatic N) is 2. The van der Waals surface area contributed by atoms with Crippen LogP contribution in [0.3, 0.4) is 0 Å². The van der Waals surface area contributed by atoms with Crippen molar-refractivity contribution in [3.05, 3.63) is 95.0 Å². The molecule has 0 saturated heterocycles. The summed E-state index contributed by atoms with van der Waals surface area (Å²) in [7, 11) is -4.13. The number of sulfonamides is 1. The lowest BCUT2D eigenvalue weighted by atomic mass is 10.1. The van der Waals surface area contributed by atoms with E-state index in [-0.39, 0.29) is 23.4 Å². The normalized spacial score (nSPS) is 14.5. The van der Waals surface area contributed by atoms with Gasteiger partial charge in [-0.3, -0.25) is 13.9 Å². The summed E-state index contributed by atoms with van der Waals surface area (Å²) in [5.74, 6) is -0.721. The van der Waals surface area contributed by atoms with Gasteiger partial charge >= 0.3 is 0 Å². The fourth-order valence-corrected chi connectivity index (χ4v) is 6.33. The number of halogens is 1. The van der Waals surface area contributed by atoms with Crippen LogP contribution >= 0.6 is 11.6 Å². The Hall–Kier alpha value is -3.36. The molecule has 4 rings (SSSR count). The zero-order chi connectivity index (χ0) is 28.0. The number of anilines is 1. The standard InChI is InChI=1S/C30H34ClN3O4S/c1-22-9-8-14-27(19-22)34(39(37,38)28-17-15-25(31)16-18-28)21-29(35)33(20-24-10-4-3-5-11-24)23(2)30(36)32-26-12-6-7-13-26/h3-5,8-11,14-19,23,26H,6-7,12-13,20-21H2,1-2H3,(H,32,36)/t23-/m0/s1. The summed E-state index contributed by atoms with van der Waals surface area (Å²) in [5, 5.41) is 3.48. The molecule has 3 aromatic carbocycles. The van der Waals surface area contributed by atoms with Crippen LogP contribution in [0, 0.1) is 6.92 Å². The summed E-state index contributed by atoms with van der Waals surface area (Å²) >= 11 is 6.00. The first-order valence-corrected chi connectivity index (χ1v) is 15.0. The molecule has 9 heteroatoms. The predicted molar refractivity (Wildman–Crippen MR) is 154 cm³/mol. The van der Waals surface area contributed by atoms with Crippen molar-refractivity contribution in [2.75, 3.05) is 10.8 Å². The van der Waals surface area contributed by atoms with Crippen LogP contribution in [0.2, 0.25) is 5.02 Å². The third kappa shape index (κ3) is 7.19. The van der Waals surface area contributed by atoms with Crippen LogP contribution in [0.25, 0.3) is 0 Å². The molecule has 1 fully saturated rings. The minimum Gasteiger partial charge on any atom is -0.352 e. The molecule has 0 bridgehead atoms. The van der Waals surface area contributed by atoms with Crippen LogP contribution in [0.1, 0.15) is 43.7 Å². The zero-order valence-electron chi connectivity index (χ0n) is 22.2. The highest BCUT2D eigenvalue weighted by atomic mass is 35.5. The number of carbonyl (C=O) groups excluding carboxylic acids is 2. The summed E-state index contributed by atoms with van der Waals surface area (Å²) < 4.78 is 28.8. The van der Waals surface area contributed by atoms with Crippen LogP contribution in [-0.2, 0) is 26.2 Å². The molecule has 39 heavy (non-hydrogen) atoms. The highest BCUT2D eigenvalue weighted by Crippen LogP contribution is 2.26. The Morgan fingerprint density at radius 3 is 2.28 bits per heavy atom. The fraction of sp³-hybridized carbons (Fsp3) is 0.333. The minimum atomic E-state index is -4.13. The van der Waals surface area contributed by atoms with Gasteiger partial charge in [-0.1, -0.05) is 66.9 Å². The molecule has 0 unspecified atom stereocenters. The summed E-state index contributed by atoms with van der Waals surface area (Å²) in [5.41, 5.74) is 2.05. The van der Waals surface area contributed by atoms with E-state index in [1.54, 1.807) is 25.1 Å². The van der Waals surface area contributed by atoms with Crippen LogP contribution in [-0.4, -0.2) is 43.8 Å². The van der Waals surface area contributed by atoms with Crippen molar-refractivity contribution in [1.29, 1.82) is 0 Å². The molecule has 1 N–H and O–H groups in total. The quantitative estimate of drug-likeness (QED) is 0.359. The number of carbonyl (C=O) groups is 2. The lowest BCUT2D eigenvalue weighted by molar-refractivity contribution is -0.139. The van der Waals surface area contributed by atoms with E-state index < -0.39 is 28.5 Å². The van der Waals surface area contributed by atoms with Gasteiger partial charge in [0, 0.05) is 17.6 Å². The van der Waals surface area contributed by atoms with Crippen molar-refractivity contribution < 1.29 is 18.0 Å². The van der Waals surface area contributed by atoms with Crippen molar-refractivity contribution in [3.63, 3.8) is 0 Å². The first kappa shape index (κ1) is 28.6. The first-order valence-electron chi connectivity index (χ1n) is 13.1. The number of hydrogen-bond acceptors (Lipinski definition) is 4. The molecule has 3 aromatic rings. The predicted octanol–water partition coefficient (Wildman–Crippen LogP) is 5.32. The molecule has 1 atom stereocenters. The summed E-state index contributed by atoms with van der Waals surface area (Å²) in [6.45, 7) is 3.25. The van der Waals surface area contributed by atoms with E-state index >= 15 is 0 Å². The Morgan fingerprint density at radius 1 is 0.974 bits per heavy atom. The van der Waals surface area contributed by atoms with Crippen LogP contribution in [0.15, 0.2) is 83.8 Å². The molecule has 0 radical (unpaired) electrons. The molecular weight excluding hydrogens is 534 g/mol. The van der Waals surface area contributed by atoms with Gasteiger partial charge in [0.1, 0.15) is 12.6 Å². The van der Waals surface area contributed by atoms with E-state index in [4.69, 9.17) is 11.6 Å². The first-order chi connectivity index (χ1) is 18.6. The van der Waals surface area contributed by atoms with Gasteiger partial charge in [-0.15, -0.1) is 0 Å². The number of benzene rings is 3. The Labute approximate surface area is 235 Å². The van der Waals surface area contributed by atoms with Gasteiger partial charge in [-0.05, 0) is 74.2 Å². The third-order valence-electron chi connectivity index (χ3n) is 7.03. The SMILES string of the molecule is Cc1cccc(N(CC(=O)N(Cc2ccccc2)[C@@H](C)C(=O)NC2CCCC2)S(=O)(=O)c2ccc(Cl)cc2)c1. The number of amides is 2. The Balaban J connectivity index is 1.67.